The fraction of sp³-hybridized carbons (Fsp3) is 0.409. The number of carbonyl (C=O) groups is 2. The molecule has 1 aliphatic heterocycles. The third kappa shape index (κ3) is 5.80. The van der Waals surface area contributed by atoms with Crippen molar-refractivity contribution in [3.63, 3.8) is 0 Å². The van der Waals surface area contributed by atoms with E-state index in [1.165, 1.54) is 48.8 Å². The van der Waals surface area contributed by atoms with Crippen LogP contribution in [-0.4, -0.2) is 55.4 Å². The molecule has 2 atom stereocenters. The molecule has 1 fully saturated rings. The summed E-state index contributed by atoms with van der Waals surface area (Å²) in [5.74, 6) is -1.37. The molecule has 12 heteroatoms. The van der Waals surface area contributed by atoms with Gasteiger partial charge in [0.2, 0.25) is 10.0 Å². The van der Waals surface area contributed by atoms with Crippen molar-refractivity contribution in [3.8, 4) is 5.75 Å². The fourth-order valence-corrected chi connectivity index (χ4v) is 5.88. The van der Waals surface area contributed by atoms with Gasteiger partial charge < -0.3 is 14.8 Å². The van der Waals surface area contributed by atoms with Crippen LogP contribution in [0, 0.1) is 0 Å². The SMILES string of the molecule is COc1ccc(C(=O)O[C@H](C)C(=O)Nc2ncc(Cl)cc2Cl)cc1S(=O)(=O)N1CCCC[C@@H]1C. The lowest BCUT2D eigenvalue weighted by atomic mass is 10.1. The number of hydrogen-bond acceptors (Lipinski definition) is 7. The van der Waals surface area contributed by atoms with E-state index in [0.29, 0.717) is 11.6 Å². The lowest BCUT2D eigenvalue weighted by molar-refractivity contribution is -0.123. The first-order valence-corrected chi connectivity index (χ1v) is 12.8. The van der Waals surface area contributed by atoms with Gasteiger partial charge in [-0.1, -0.05) is 29.6 Å². The molecule has 3 rings (SSSR count). The summed E-state index contributed by atoms with van der Waals surface area (Å²) in [7, 11) is -2.56. The number of hydrogen-bond donors (Lipinski definition) is 1. The Morgan fingerprint density at radius 3 is 2.62 bits per heavy atom. The first-order chi connectivity index (χ1) is 16.0. The topological polar surface area (TPSA) is 115 Å². The van der Waals surface area contributed by atoms with E-state index in [1.54, 1.807) is 0 Å². The van der Waals surface area contributed by atoms with E-state index in [1.807, 2.05) is 6.92 Å². The molecule has 0 bridgehead atoms. The number of carbonyl (C=O) groups excluding carboxylic acids is 2. The molecule has 0 aliphatic carbocycles. The minimum atomic E-state index is -3.92. The van der Waals surface area contributed by atoms with Crippen LogP contribution in [0.15, 0.2) is 35.4 Å². The van der Waals surface area contributed by atoms with Crippen LogP contribution in [0.25, 0.3) is 0 Å². The molecule has 2 heterocycles. The minimum Gasteiger partial charge on any atom is -0.495 e. The Kier molecular flexibility index (Phi) is 8.40. The molecule has 1 amide bonds. The monoisotopic (exact) mass is 529 g/mol. The predicted octanol–water partition coefficient (Wildman–Crippen LogP) is 4.14. The number of benzene rings is 1. The second kappa shape index (κ2) is 10.9. The van der Waals surface area contributed by atoms with E-state index in [4.69, 9.17) is 32.7 Å². The zero-order valence-electron chi connectivity index (χ0n) is 18.9. The van der Waals surface area contributed by atoms with Gasteiger partial charge in [0.1, 0.15) is 10.6 Å². The minimum absolute atomic E-state index is 0.0358. The van der Waals surface area contributed by atoms with Crippen molar-refractivity contribution in [2.45, 2.75) is 50.2 Å². The van der Waals surface area contributed by atoms with Gasteiger partial charge in [-0.15, -0.1) is 0 Å². The highest BCUT2D eigenvalue weighted by atomic mass is 35.5. The number of ether oxygens (including phenoxy) is 2. The number of pyridine rings is 1. The Bertz CT molecular complexity index is 1190. The molecule has 0 saturated carbocycles. The quantitative estimate of drug-likeness (QED) is 0.535. The summed E-state index contributed by atoms with van der Waals surface area (Å²) in [6, 6.07) is 5.21. The van der Waals surface area contributed by atoms with Gasteiger partial charge in [0, 0.05) is 18.8 Å². The van der Waals surface area contributed by atoms with Gasteiger partial charge >= 0.3 is 5.97 Å². The second-order valence-corrected chi connectivity index (χ2v) is 10.5. The van der Waals surface area contributed by atoms with Crippen molar-refractivity contribution in [2.75, 3.05) is 19.0 Å². The van der Waals surface area contributed by atoms with Crippen molar-refractivity contribution in [2.24, 2.45) is 0 Å². The van der Waals surface area contributed by atoms with Crippen LogP contribution in [0.1, 0.15) is 43.5 Å². The number of anilines is 1. The normalized spacial score (nSPS) is 17.6. The lowest BCUT2D eigenvalue weighted by Crippen LogP contribution is -2.42. The number of esters is 1. The molecular weight excluding hydrogens is 505 g/mol. The number of methoxy groups -OCH3 is 1. The molecule has 1 aliphatic rings. The number of nitrogens with zero attached hydrogens (tertiary/aromatic N) is 2. The van der Waals surface area contributed by atoms with Crippen LogP contribution in [0.3, 0.4) is 0 Å². The number of nitrogens with one attached hydrogen (secondary N) is 1. The third-order valence-electron chi connectivity index (χ3n) is 5.43. The van der Waals surface area contributed by atoms with E-state index in [9.17, 15) is 18.0 Å². The van der Waals surface area contributed by atoms with Crippen LogP contribution in [-0.2, 0) is 19.6 Å². The average molecular weight is 530 g/mol. The van der Waals surface area contributed by atoms with Crippen LogP contribution in [0.2, 0.25) is 10.0 Å². The van der Waals surface area contributed by atoms with Crippen LogP contribution in [0.5, 0.6) is 5.75 Å². The molecule has 0 radical (unpaired) electrons. The first kappa shape index (κ1) is 26.2. The standard InChI is InChI=1S/C22H25Cl2N3O6S/c1-13-6-4-5-9-27(13)34(30,31)19-10-15(7-8-18(19)32-3)22(29)33-14(2)21(28)26-20-17(24)11-16(23)12-25-20/h7-8,10-14H,4-6,9H2,1-3H3,(H,25,26,28)/t13-,14+/m0/s1. The highest BCUT2D eigenvalue weighted by Crippen LogP contribution is 2.32. The van der Waals surface area contributed by atoms with Crippen LogP contribution >= 0.6 is 23.2 Å². The predicted molar refractivity (Wildman–Crippen MR) is 128 cm³/mol. The van der Waals surface area contributed by atoms with E-state index in [2.05, 4.69) is 10.3 Å². The van der Waals surface area contributed by atoms with Crippen molar-refractivity contribution < 1.29 is 27.5 Å². The Morgan fingerprint density at radius 2 is 1.97 bits per heavy atom. The maximum Gasteiger partial charge on any atom is 0.338 e. The Morgan fingerprint density at radius 1 is 1.24 bits per heavy atom. The van der Waals surface area contributed by atoms with Gasteiger partial charge in [-0.2, -0.15) is 4.31 Å². The zero-order chi connectivity index (χ0) is 25.0. The number of halogens is 2. The molecule has 1 aromatic carbocycles. The van der Waals surface area contributed by atoms with Crippen molar-refractivity contribution >= 4 is 50.9 Å². The number of sulfonamides is 1. The van der Waals surface area contributed by atoms with E-state index in [-0.39, 0.29) is 33.1 Å². The van der Waals surface area contributed by atoms with Crippen LogP contribution < -0.4 is 10.1 Å². The first-order valence-electron chi connectivity index (χ1n) is 10.6. The van der Waals surface area contributed by atoms with Gasteiger partial charge in [-0.05, 0) is 51.0 Å². The molecular formula is C22H25Cl2N3O6S. The van der Waals surface area contributed by atoms with Crippen molar-refractivity contribution in [3.05, 3.63) is 46.1 Å². The number of rotatable bonds is 7. The highest BCUT2D eigenvalue weighted by molar-refractivity contribution is 7.89. The third-order valence-corrected chi connectivity index (χ3v) is 7.96. The summed E-state index contributed by atoms with van der Waals surface area (Å²) in [4.78, 5) is 29.0. The van der Waals surface area contributed by atoms with E-state index in [0.717, 1.165) is 19.3 Å². The molecule has 184 valence electrons. The maximum absolute atomic E-state index is 13.3. The average Bonchev–Trinajstić information content (AvgIpc) is 2.80. The summed E-state index contributed by atoms with van der Waals surface area (Å²) >= 11 is 11.8. The Labute approximate surface area is 208 Å². The highest BCUT2D eigenvalue weighted by Gasteiger charge is 2.34. The molecule has 9 nitrogen and oxygen atoms in total. The van der Waals surface area contributed by atoms with Gasteiger partial charge in [-0.3, -0.25) is 4.79 Å². The zero-order valence-corrected chi connectivity index (χ0v) is 21.2. The number of amides is 1. The molecule has 2 aromatic rings. The Balaban J connectivity index is 1.79. The largest absolute Gasteiger partial charge is 0.495 e. The van der Waals surface area contributed by atoms with Gasteiger partial charge in [-0.25, -0.2) is 18.2 Å². The van der Waals surface area contributed by atoms with Crippen molar-refractivity contribution in [1.29, 1.82) is 0 Å². The van der Waals surface area contributed by atoms with Crippen LogP contribution in [0.4, 0.5) is 5.82 Å². The molecule has 1 aromatic heterocycles. The summed E-state index contributed by atoms with van der Waals surface area (Å²) < 4.78 is 38.6. The van der Waals surface area contributed by atoms with E-state index >= 15 is 0 Å². The molecule has 34 heavy (non-hydrogen) atoms. The fourth-order valence-electron chi connectivity index (χ4n) is 3.57. The second-order valence-electron chi connectivity index (χ2n) is 7.85. The molecule has 1 saturated heterocycles. The van der Waals surface area contributed by atoms with Crippen molar-refractivity contribution in [1.82, 2.24) is 9.29 Å². The lowest BCUT2D eigenvalue weighted by Gasteiger charge is -2.32. The molecule has 1 N–H and O–H groups in total. The molecule has 0 spiro atoms. The van der Waals surface area contributed by atoms with E-state index < -0.39 is 28.0 Å². The van der Waals surface area contributed by atoms with Gasteiger partial charge in [0.05, 0.1) is 22.7 Å². The number of piperidine rings is 1. The summed E-state index contributed by atoms with van der Waals surface area (Å²) in [5, 5.41) is 2.87. The summed E-state index contributed by atoms with van der Waals surface area (Å²) in [6.45, 7) is 3.61. The molecule has 0 unspecified atom stereocenters. The smallest absolute Gasteiger partial charge is 0.338 e. The summed E-state index contributed by atoms with van der Waals surface area (Å²) in [6.07, 6.45) is 2.55. The Hall–Kier alpha value is -2.40. The number of aromatic nitrogens is 1. The maximum atomic E-state index is 13.3. The summed E-state index contributed by atoms with van der Waals surface area (Å²) in [5.41, 5.74) is -0.0358. The van der Waals surface area contributed by atoms with Gasteiger partial charge in [0.15, 0.2) is 11.9 Å². The van der Waals surface area contributed by atoms with Gasteiger partial charge in [0.25, 0.3) is 5.91 Å².